The van der Waals surface area contributed by atoms with Gasteiger partial charge in [0.1, 0.15) is 34.9 Å². The lowest BCUT2D eigenvalue weighted by atomic mass is 9.98. The van der Waals surface area contributed by atoms with Crippen LogP contribution in [0.3, 0.4) is 0 Å². The Balaban J connectivity index is 1.68. The predicted octanol–water partition coefficient (Wildman–Crippen LogP) is 5.54. The molecule has 3 rings (SSSR count). The molecule has 0 amide bonds. The SMILES string of the molecule is Cc1cc(OCCC(C)(C)N=O)nc(C)c1-c1cccc(COc2ccc(C(CC=O)C[SH](=O)=O)cc2)c1. The van der Waals surface area contributed by atoms with Crippen LogP contribution < -0.4 is 9.47 Å². The second-order valence-corrected chi connectivity index (χ2v) is 10.9. The van der Waals surface area contributed by atoms with Gasteiger partial charge in [0.2, 0.25) is 5.88 Å². The first kappa shape index (κ1) is 29.0. The molecule has 1 heterocycles. The fraction of sp³-hybridized carbons (Fsp3) is 0.379. The van der Waals surface area contributed by atoms with Gasteiger partial charge in [-0.15, -0.1) is 0 Å². The van der Waals surface area contributed by atoms with E-state index in [9.17, 15) is 18.1 Å². The molecule has 3 aromatic rings. The van der Waals surface area contributed by atoms with E-state index in [-0.39, 0.29) is 18.1 Å². The Morgan fingerprint density at radius 1 is 1.05 bits per heavy atom. The van der Waals surface area contributed by atoms with E-state index in [1.807, 2.05) is 38.1 Å². The third kappa shape index (κ3) is 8.21. The van der Waals surface area contributed by atoms with Gasteiger partial charge in [-0.1, -0.05) is 35.5 Å². The number of carbonyl (C=O) groups is 1. The van der Waals surface area contributed by atoms with Crippen LogP contribution in [0, 0.1) is 18.8 Å². The summed E-state index contributed by atoms with van der Waals surface area (Å²) in [6.07, 6.45) is 1.41. The standard InChI is InChI=1S/C29H34N2O6S/c1-20-16-27(36-15-13-29(3,4)31-33)30-21(2)28(20)24-7-5-6-22(17-24)18-37-26-10-8-23(9-11-26)25(12-14-32)19-38(34)35/h5-11,14,16-17,25,38H,12-13,15,18-19H2,1-4H3. The smallest absolute Gasteiger partial charge is 0.213 e. The van der Waals surface area contributed by atoms with Gasteiger partial charge in [-0.2, -0.15) is 4.91 Å². The fourth-order valence-corrected chi connectivity index (χ4v) is 4.91. The second kappa shape index (κ2) is 13.3. The second-order valence-electron chi connectivity index (χ2n) is 9.91. The molecule has 1 aromatic heterocycles. The fourth-order valence-electron chi connectivity index (χ4n) is 4.19. The minimum Gasteiger partial charge on any atom is -0.489 e. The van der Waals surface area contributed by atoms with E-state index in [1.165, 1.54) is 0 Å². The van der Waals surface area contributed by atoms with Crippen LogP contribution >= 0.6 is 0 Å². The van der Waals surface area contributed by atoms with E-state index >= 15 is 0 Å². The van der Waals surface area contributed by atoms with Gasteiger partial charge in [0, 0.05) is 36.1 Å². The van der Waals surface area contributed by atoms with Crippen LogP contribution in [-0.4, -0.2) is 37.6 Å². The summed E-state index contributed by atoms with van der Waals surface area (Å²) < 4.78 is 34.0. The van der Waals surface area contributed by atoms with Crippen molar-refractivity contribution in [3.63, 3.8) is 0 Å². The first-order chi connectivity index (χ1) is 18.1. The number of aldehydes is 1. The Morgan fingerprint density at radius 2 is 1.79 bits per heavy atom. The molecule has 0 bridgehead atoms. The zero-order valence-corrected chi connectivity index (χ0v) is 23.1. The number of hydrogen-bond acceptors (Lipinski definition) is 8. The number of rotatable bonds is 14. The van der Waals surface area contributed by atoms with Crippen LogP contribution in [0.1, 0.15) is 55.0 Å². The van der Waals surface area contributed by atoms with Crippen molar-refractivity contribution in [3.05, 3.63) is 81.9 Å². The molecule has 0 spiro atoms. The summed E-state index contributed by atoms with van der Waals surface area (Å²) in [5, 5.41) is 3.12. The molecule has 0 aliphatic rings. The van der Waals surface area contributed by atoms with Crippen LogP contribution in [0.4, 0.5) is 0 Å². The maximum Gasteiger partial charge on any atom is 0.213 e. The van der Waals surface area contributed by atoms with Crippen LogP contribution in [0.25, 0.3) is 11.1 Å². The van der Waals surface area contributed by atoms with E-state index in [2.05, 4.69) is 16.2 Å². The number of ether oxygens (including phenoxy) is 2. The maximum absolute atomic E-state index is 11.1. The number of carbonyl (C=O) groups excluding carboxylic acids is 1. The molecule has 0 N–H and O–H groups in total. The lowest BCUT2D eigenvalue weighted by Crippen LogP contribution is -2.19. The van der Waals surface area contributed by atoms with Crippen LogP contribution in [-0.2, 0) is 22.1 Å². The molecule has 202 valence electrons. The molecule has 9 heteroatoms. The monoisotopic (exact) mass is 538 g/mol. The zero-order valence-electron chi connectivity index (χ0n) is 22.2. The van der Waals surface area contributed by atoms with Crippen molar-refractivity contribution in [1.82, 2.24) is 4.98 Å². The van der Waals surface area contributed by atoms with Crippen LogP contribution in [0.2, 0.25) is 0 Å². The van der Waals surface area contributed by atoms with Gasteiger partial charge in [-0.3, -0.25) is 0 Å². The normalized spacial score (nSPS) is 12.2. The molecule has 2 aromatic carbocycles. The lowest BCUT2D eigenvalue weighted by Gasteiger charge is -2.17. The average molecular weight is 539 g/mol. The molecule has 38 heavy (non-hydrogen) atoms. The van der Waals surface area contributed by atoms with Gasteiger partial charge in [0.25, 0.3) is 0 Å². The number of benzene rings is 2. The molecule has 0 aliphatic carbocycles. The predicted molar refractivity (Wildman–Crippen MR) is 149 cm³/mol. The Bertz CT molecular complexity index is 1300. The minimum absolute atomic E-state index is 0.0578. The molecule has 0 saturated heterocycles. The van der Waals surface area contributed by atoms with Crippen molar-refractivity contribution in [2.75, 3.05) is 12.4 Å². The number of aryl methyl sites for hydroxylation is 2. The first-order valence-corrected chi connectivity index (χ1v) is 13.8. The Labute approximate surface area is 225 Å². The summed E-state index contributed by atoms with van der Waals surface area (Å²) in [5.74, 6) is 0.763. The first-order valence-electron chi connectivity index (χ1n) is 12.4. The van der Waals surface area contributed by atoms with Crippen molar-refractivity contribution >= 4 is 17.0 Å². The zero-order chi connectivity index (χ0) is 27.7. The molecular formula is C29H34N2O6S. The van der Waals surface area contributed by atoms with E-state index in [0.717, 1.165) is 39.8 Å². The Morgan fingerprint density at radius 3 is 2.42 bits per heavy atom. The average Bonchev–Trinajstić information content (AvgIpc) is 2.87. The van der Waals surface area contributed by atoms with Crippen molar-refractivity contribution in [2.24, 2.45) is 5.18 Å². The summed E-state index contributed by atoms with van der Waals surface area (Å²) in [6.45, 7) is 8.21. The van der Waals surface area contributed by atoms with Gasteiger partial charge in [-0.25, -0.2) is 13.4 Å². The van der Waals surface area contributed by atoms with E-state index in [1.54, 1.807) is 38.1 Å². The topological polar surface area (TPSA) is 112 Å². The maximum atomic E-state index is 11.1. The number of hydrogen-bond donors (Lipinski definition) is 1. The van der Waals surface area contributed by atoms with Crippen molar-refractivity contribution in [1.29, 1.82) is 0 Å². The Kier molecular flexibility index (Phi) is 10.1. The number of aromatic nitrogens is 1. The summed E-state index contributed by atoms with van der Waals surface area (Å²) in [4.78, 5) is 26.4. The number of thiol groups is 1. The molecule has 0 saturated carbocycles. The number of nitroso groups, excluding NO2 is 1. The summed E-state index contributed by atoms with van der Waals surface area (Å²) in [5.41, 5.74) is 5.01. The molecule has 0 fully saturated rings. The largest absolute Gasteiger partial charge is 0.489 e. The number of nitrogens with zero attached hydrogens (tertiary/aromatic N) is 2. The number of pyridine rings is 1. The third-order valence-corrected chi connectivity index (χ3v) is 7.05. The molecule has 8 nitrogen and oxygen atoms in total. The lowest BCUT2D eigenvalue weighted by molar-refractivity contribution is -0.108. The van der Waals surface area contributed by atoms with E-state index < -0.39 is 16.2 Å². The van der Waals surface area contributed by atoms with Crippen molar-refractivity contribution < 1.29 is 22.7 Å². The van der Waals surface area contributed by atoms with E-state index in [0.29, 0.717) is 31.3 Å². The third-order valence-electron chi connectivity index (χ3n) is 6.31. The molecular weight excluding hydrogens is 504 g/mol. The van der Waals surface area contributed by atoms with E-state index in [4.69, 9.17) is 9.47 Å². The van der Waals surface area contributed by atoms with Gasteiger partial charge in [0.15, 0.2) is 0 Å². The van der Waals surface area contributed by atoms with Crippen molar-refractivity contribution in [2.45, 2.75) is 58.6 Å². The highest BCUT2D eigenvalue weighted by Gasteiger charge is 2.19. The van der Waals surface area contributed by atoms with Gasteiger partial charge >= 0.3 is 0 Å². The van der Waals surface area contributed by atoms with Crippen LogP contribution in [0.15, 0.2) is 59.8 Å². The highest BCUT2D eigenvalue weighted by molar-refractivity contribution is 7.72. The Hall–Kier alpha value is -3.59. The van der Waals surface area contributed by atoms with Gasteiger partial charge in [-0.05, 0) is 68.1 Å². The van der Waals surface area contributed by atoms with Crippen LogP contribution in [0.5, 0.6) is 11.6 Å². The molecule has 1 unspecified atom stereocenters. The van der Waals surface area contributed by atoms with Crippen molar-refractivity contribution in [3.8, 4) is 22.8 Å². The minimum atomic E-state index is -2.57. The molecule has 1 atom stereocenters. The van der Waals surface area contributed by atoms with Gasteiger partial charge < -0.3 is 14.3 Å². The highest BCUT2D eigenvalue weighted by atomic mass is 32.2. The molecule has 0 aliphatic heterocycles. The summed E-state index contributed by atoms with van der Waals surface area (Å²) in [7, 11) is -2.57. The highest BCUT2D eigenvalue weighted by Crippen LogP contribution is 2.30. The molecule has 0 radical (unpaired) electrons. The summed E-state index contributed by atoms with van der Waals surface area (Å²) in [6, 6.07) is 17.1. The quantitative estimate of drug-likeness (QED) is 0.163. The summed E-state index contributed by atoms with van der Waals surface area (Å²) >= 11 is 0. The van der Waals surface area contributed by atoms with Gasteiger partial charge in [0.05, 0.1) is 12.4 Å².